The van der Waals surface area contributed by atoms with Gasteiger partial charge in [0.25, 0.3) is 0 Å². The topological polar surface area (TPSA) is 34.1 Å². The summed E-state index contributed by atoms with van der Waals surface area (Å²) in [4.78, 5) is 0. The first-order valence-corrected chi connectivity index (χ1v) is 3.81. The molecule has 0 aliphatic rings. The molecule has 0 atom stereocenters. The fourth-order valence-corrected chi connectivity index (χ4v) is 0. The summed E-state index contributed by atoms with van der Waals surface area (Å²) in [5.74, 6) is 0. The van der Waals surface area contributed by atoms with Crippen molar-refractivity contribution in [1.82, 2.24) is 0 Å². The van der Waals surface area contributed by atoms with Crippen molar-refractivity contribution in [3.05, 3.63) is 0 Å². The minimum atomic E-state index is -2.51. The van der Waals surface area contributed by atoms with Crippen LogP contribution < -0.4 is 24.8 Å². The molecule has 30 valence electrons. The SMILES string of the molecule is [Cl-].[Cl-].[O]=[U+2]=[O]. The summed E-state index contributed by atoms with van der Waals surface area (Å²) in [6.07, 6.45) is 0. The summed E-state index contributed by atoms with van der Waals surface area (Å²) in [6.45, 7) is 0. The van der Waals surface area contributed by atoms with Gasteiger partial charge in [-0.05, 0) is 0 Å². The molecule has 5 heavy (non-hydrogen) atoms. The Kier molecular flexibility index (Phi) is 61.4. The Hall–Kier alpha value is 1.23. The van der Waals surface area contributed by atoms with Crippen molar-refractivity contribution in [2.75, 3.05) is 0 Å². The molecule has 0 saturated carbocycles. The van der Waals surface area contributed by atoms with Crippen LogP contribution in [0.25, 0.3) is 0 Å². The molecule has 0 aliphatic carbocycles. The number of halogens is 2. The third-order valence-corrected chi connectivity index (χ3v) is 0. The van der Waals surface area contributed by atoms with Gasteiger partial charge in [0.1, 0.15) is 0 Å². The van der Waals surface area contributed by atoms with Gasteiger partial charge >= 0.3 is 32.3 Å². The minimum absolute atomic E-state index is 0. The predicted molar refractivity (Wildman–Crippen MR) is 1.37 cm³/mol. The molecule has 0 saturated heterocycles. The van der Waals surface area contributed by atoms with E-state index in [1.165, 1.54) is 0 Å². The van der Waals surface area contributed by atoms with Crippen molar-refractivity contribution in [1.29, 1.82) is 0 Å². The average molecular weight is 341 g/mol. The van der Waals surface area contributed by atoms with Crippen LogP contribution in [0.2, 0.25) is 0 Å². The Morgan fingerprint density at radius 2 is 1.00 bits per heavy atom. The molecule has 2 nitrogen and oxygen atoms in total. The van der Waals surface area contributed by atoms with Gasteiger partial charge in [-0.15, -0.1) is 0 Å². The van der Waals surface area contributed by atoms with E-state index < -0.39 is 27.8 Å². The summed E-state index contributed by atoms with van der Waals surface area (Å²) < 4.78 is 17.2. The first kappa shape index (κ1) is 16.3. The van der Waals surface area contributed by atoms with Crippen LogP contribution in [0.5, 0.6) is 0 Å². The van der Waals surface area contributed by atoms with Crippen molar-refractivity contribution in [2.24, 2.45) is 0 Å². The van der Waals surface area contributed by atoms with E-state index in [0.29, 0.717) is 0 Å². The van der Waals surface area contributed by atoms with E-state index in [0.717, 1.165) is 0 Å². The maximum atomic E-state index is 8.58. The second-order valence-corrected chi connectivity index (χ2v) is 0.777. The number of rotatable bonds is 0. The molecule has 0 radical (unpaired) electrons. The molecule has 0 bridgehead atoms. The van der Waals surface area contributed by atoms with Crippen LogP contribution in [0.3, 0.4) is 0 Å². The zero-order valence-corrected chi connectivity index (χ0v) is 7.75. The van der Waals surface area contributed by atoms with Gasteiger partial charge in [0.2, 0.25) is 0 Å². The van der Waals surface area contributed by atoms with Crippen LogP contribution in [0.4, 0.5) is 0 Å². The van der Waals surface area contributed by atoms with E-state index in [1.54, 1.807) is 0 Å². The summed E-state index contributed by atoms with van der Waals surface area (Å²) in [5.41, 5.74) is 0. The second-order valence-electron chi connectivity index (χ2n) is 0.0833. The van der Waals surface area contributed by atoms with Crippen LogP contribution in [0.15, 0.2) is 0 Å². The van der Waals surface area contributed by atoms with Crippen LogP contribution in [-0.2, 0) is 4.47 Å². The summed E-state index contributed by atoms with van der Waals surface area (Å²) in [5, 5.41) is 0. The molecule has 0 aliphatic heterocycles. The van der Waals surface area contributed by atoms with Crippen molar-refractivity contribution in [3.8, 4) is 0 Å². The monoisotopic (exact) mass is 340 g/mol. The number of hydrogen-bond acceptors (Lipinski definition) is 2. The van der Waals surface area contributed by atoms with Gasteiger partial charge in [-0.25, -0.2) is 0 Å². The molecule has 0 spiro atoms. The first-order valence-electron chi connectivity index (χ1n) is 0.408. The molecule has 0 aromatic carbocycles. The van der Waals surface area contributed by atoms with Gasteiger partial charge in [-0.1, -0.05) is 0 Å². The van der Waals surface area contributed by atoms with Crippen LogP contribution in [-0.4, -0.2) is 0 Å². The van der Waals surface area contributed by atoms with E-state index in [2.05, 4.69) is 0 Å². The van der Waals surface area contributed by atoms with Crippen molar-refractivity contribution in [2.45, 2.75) is 0 Å². The van der Waals surface area contributed by atoms with Crippen LogP contribution in [0.1, 0.15) is 0 Å². The van der Waals surface area contributed by atoms with E-state index in [-0.39, 0.29) is 24.8 Å². The Balaban J connectivity index is -0.0000000200. The van der Waals surface area contributed by atoms with Crippen molar-refractivity contribution >= 4 is 0 Å². The normalized spacial score (nSPS) is 1.60. The third-order valence-electron chi connectivity index (χ3n) is 0. The first-order chi connectivity index (χ1) is 1.41. The van der Waals surface area contributed by atoms with E-state index in [9.17, 15) is 0 Å². The van der Waals surface area contributed by atoms with Gasteiger partial charge in [0.15, 0.2) is 0 Å². The fraction of sp³-hybridized carbons (Fsp3) is 0. The molecule has 5 heteroatoms. The Labute approximate surface area is 56.7 Å². The summed E-state index contributed by atoms with van der Waals surface area (Å²) in [7, 11) is 0. The Morgan fingerprint density at radius 1 is 1.00 bits per heavy atom. The molecular weight excluding hydrogens is 341 g/mol. The van der Waals surface area contributed by atoms with Crippen LogP contribution in [0, 0.1) is 27.8 Å². The molecule has 0 N–H and O–H groups in total. The average Bonchev–Trinajstić information content (AvgIpc) is 0.918. The van der Waals surface area contributed by atoms with Gasteiger partial charge in [0, 0.05) is 0 Å². The van der Waals surface area contributed by atoms with Gasteiger partial charge in [-0.2, -0.15) is 0 Å². The molecular formula is Cl2O2U. The van der Waals surface area contributed by atoms with E-state index >= 15 is 0 Å². The third kappa shape index (κ3) is 36.0. The molecule has 0 rings (SSSR count). The molecule has 0 aromatic heterocycles. The zero-order chi connectivity index (χ0) is 2.71. The Morgan fingerprint density at radius 3 is 1.00 bits per heavy atom. The quantitative estimate of drug-likeness (QED) is 0.440. The van der Waals surface area contributed by atoms with Gasteiger partial charge in [0.05, 0.1) is 0 Å². The van der Waals surface area contributed by atoms with E-state index in [4.69, 9.17) is 4.47 Å². The fourth-order valence-electron chi connectivity index (χ4n) is 0. The van der Waals surface area contributed by atoms with Crippen molar-refractivity contribution < 1.29 is 57.1 Å². The predicted octanol–water partition coefficient (Wildman–Crippen LogP) is -6.23. The van der Waals surface area contributed by atoms with Gasteiger partial charge in [-0.3, -0.25) is 0 Å². The molecule has 0 amide bonds. The molecule has 0 unspecified atom stereocenters. The molecule has 0 heterocycles. The number of hydrogen-bond donors (Lipinski definition) is 0. The second kappa shape index (κ2) is 18.8. The summed E-state index contributed by atoms with van der Waals surface area (Å²) >= 11 is -2.51. The standard InChI is InChI=1S/2ClH.2O.U/h2*1H;;;/q;;;;+2/p-2. The van der Waals surface area contributed by atoms with Gasteiger partial charge < -0.3 is 24.8 Å². The maximum absolute atomic E-state index is 8.58. The Bertz CT molecular complexity index is 28.6. The van der Waals surface area contributed by atoms with E-state index in [1.807, 2.05) is 0 Å². The van der Waals surface area contributed by atoms with Crippen LogP contribution >= 0.6 is 0 Å². The molecule has 0 fully saturated rings. The zero-order valence-electron chi connectivity index (χ0n) is 2.07. The summed E-state index contributed by atoms with van der Waals surface area (Å²) in [6, 6.07) is 0. The molecule has 0 aromatic rings. The van der Waals surface area contributed by atoms with Crippen molar-refractivity contribution in [3.63, 3.8) is 0 Å².